The zero-order valence-corrected chi connectivity index (χ0v) is 13.5. The Balaban J connectivity index is 5.93. The van der Waals surface area contributed by atoms with E-state index in [2.05, 4.69) is 0 Å². The van der Waals surface area contributed by atoms with Crippen LogP contribution in [0, 0.1) is 0 Å². The van der Waals surface area contributed by atoms with E-state index in [-0.39, 0.29) is 0 Å². The fourth-order valence-electron chi connectivity index (χ4n) is 1.35. The molecule has 9 nitrogen and oxygen atoms in total. The van der Waals surface area contributed by atoms with Gasteiger partial charge in [0.05, 0.1) is 0 Å². The van der Waals surface area contributed by atoms with E-state index in [1.807, 2.05) is 0 Å². The summed E-state index contributed by atoms with van der Waals surface area (Å²) < 4.78 is 93.1. The minimum Gasteiger partial charge on any atom is -0.285 e. The van der Waals surface area contributed by atoms with Gasteiger partial charge in [-0.25, -0.2) is 0 Å². The molecule has 13 heteroatoms. The molecular weight excluding hydrogens is 343 g/mol. The molecule has 0 bridgehead atoms. The lowest BCUT2D eigenvalue weighted by Crippen LogP contribution is -2.31. The molecule has 3 atom stereocenters. The largest absolute Gasteiger partial charge is 0.285 e. The highest BCUT2D eigenvalue weighted by atomic mass is 32.2. The van der Waals surface area contributed by atoms with Crippen LogP contribution < -0.4 is 0 Å². The van der Waals surface area contributed by atoms with E-state index in [0.717, 1.165) is 20.8 Å². The van der Waals surface area contributed by atoms with Crippen molar-refractivity contribution in [2.45, 2.75) is 35.7 Å². The van der Waals surface area contributed by atoms with Gasteiger partial charge in [0.15, 0.2) is 0 Å². The van der Waals surface area contributed by atoms with E-state index in [1.54, 1.807) is 0 Å². The molecule has 0 fully saturated rings. The quantitative estimate of drug-likeness (QED) is 0.443. The zero-order chi connectivity index (χ0) is 15.8. The van der Waals surface area contributed by atoms with Gasteiger partial charge in [0.25, 0.3) is 30.4 Å². The van der Waals surface area contributed by atoms with Crippen molar-refractivity contribution in [1.82, 2.24) is 0 Å². The monoisotopic (exact) mass is 358 g/mol. The van der Waals surface area contributed by atoms with Crippen molar-refractivity contribution in [3.05, 3.63) is 0 Å². The summed E-state index contributed by atoms with van der Waals surface area (Å²) in [5, 5.41) is 0. The van der Waals surface area contributed by atoms with E-state index in [9.17, 15) is 25.3 Å². The fourth-order valence-corrected chi connectivity index (χ4v) is 10.8. The van der Waals surface area contributed by atoms with E-state index in [0.29, 0.717) is 0 Å². The summed E-state index contributed by atoms with van der Waals surface area (Å²) in [6.45, 7) is 2.72. The van der Waals surface area contributed by atoms with Gasteiger partial charge in [-0.15, -0.1) is 0 Å². The van der Waals surface area contributed by atoms with Crippen molar-refractivity contribution in [2.24, 2.45) is 0 Å². The molecule has 0 aliphatic carbocycles. The molecule has 0 radical (unpaired) electrons. The SMILES string of the molecule is CC(P(C(C)S(=O)(=O)O)C(C)S(=O)(=O)O)S(=O)(=O)O. The summed E-state index contributed by atoms with van der Waals surface area (Å²) in [7, 11) is -16.7. The highest BCUT2D eigenvalue weighted by Crippen LogP contribution is 2.55. The first kappa shape index (κ1) is 19.2. The Bertz CT molecular complexity index is 529. The van der Waals surface area contributed by atoms with Gasteiger partial charge < -0.3 is 0 Å². The van der Waals surface area contributed by atoms with Crippen LogP contribution >= 0.6 is 7.92 Å². The highest BCUT2D eigenvalue weighted by Gasteiger charge is 2.44. The van der Waals surface area contributed by atoms with Crippen molar-refractivity contribution in [3.8, 4) is 0 Å². The second-order valence-electron chi connectivity index (χ2n) is 3.79. The van der Waals surface area contributed by atoms with Crippen LogP contribution in [0.4, 0.5) is 0 Å². The minimum absolute atomic E-state index is 0.907. The normalized spacial score (nSPS) is 20.5. The van der Waals surface area contributed by atoms with Gasteiger partial charge in [0, 0.05) is 0 Å². The third-order valence-corrected chi connectivity index (χ3v) is 12.2. The molecule has 0 saturated carbocycles. The van der Waals surface area contributed by atoms with Gasteiger partial charge in [-0.2, -0.15) is 25.3 Å². The summed E-state index contributed by atoms with van der Waals surface area (Å²) in [5.41, 5.74) is 0. The van der Waals surface area contributed by atoms with Gasteiger partial charge in [-0.05, 0) is 28.7 Å². The number of hydrogen-bond acceptors (Lipinski definition) is 6. The Kier molecular flexibility index (Phi) is 5.93. The molecule has 116 valence electrons. The Morgan fingerprint density at radius 1 is 0.632 bits per heavy atom. The maximum atomic E-state index is 11.1. The topological polar surface area (TPSA) is 163 Å². The summed E-state index contributed by atoms with van der Waals surface area (Å²) in [6.07, 6.45) is 0. The molecule has 0 amide bonds. The van der Waals surface area contributed by atoms with Crippen molar-refractivity contribution < 1.29 is 38.9 Å². The standard InChI is InChI=1S/C6H15O9PS3/c1-4(17(7,8)9)16(5(2)18(10,11)12)6(3)19(13,14)15/h4-6H,1-3H3,(H,7,8,9)(H,10,11,12)(H,13,14,15). The molecule has 0 aromatic carbocycles. The first-order valence-electron chi connectivity index (χ1n) is 4.76. The maximum Gasteiger partial charge on any atom is 0.271 e. The third-order valence-electron chi connectivity index (χ3n) is 2.55. The Labute approximate surface area is 113 Å². The molecule has 0 aromatic heterocycles. The maximum absolute atomic E-state index is 11.1. The van der Waals surface area contributed by atoms with Gasteiger partial charge >= 0.3 is 0 Å². The molecule has 0 aromatic rings. The van der Waals surface area contributed by atoms with Crippen LogP contribution in [0.5, 0.6) is 0 Å². The average molecular weight is 358 g/mol. The average Bonchev–Trinajstić information content (AvgIpc) is 2.13. The molecule has 3 unspecified atom stereocenters. The lowest BCUT2D eigenvalue weighted by atomic mass is 10.9. The van der Waals surface area contributed by atoms with Crippen molar-refractivity contribution in [2.75, 3.05) is 0 Å². The second-order valence-corrected chi connectivity index (χ2v) is 13.3. The predicted molar refractivity (Wildman–Crippen MR) is 70.0 cm³/mol. The van der Waals surface area contributed by atoms with Crippen LogP contribution in [0.3, 0.4) is 0 Å². The van der Waals surface area contributed by atoms with Crippen LogP contribution in [0.25, 0.3) is 0 Å². The van der Waals surface area contributed by atoms with Crippen LogP contribution in [0.2, 0.25) is 0 Å². The van der Waals surface area contributed by atoms with E-state index in [4.69, 9.17) is 13.7 Å². The predicted octanol–water partition coefficient (Wildman–Crippen LogP) is 0.170. The lowest BCUT2D eigenvalue weighted by molar-refractivity contribution is 0.479. The summed E-state index contributed by atoms with van der Waals surface area (Å²) in [4.78, 5) is -5.26. The number of rotatable bonds is 6. The second kappa shape index (κ2) is 5.88. The molecule has 0 rings (SSSR count). The lowest BCUT2D eigenvalue weighted by Gasteiger charge is -2.30. The first-order chi connectivity index (χ1) is 8.10. The summed E-state index contributed by atoms with van der Waals surface area (Å²) in [6, 6.07) is 0. The molecule has 19 heavy (non-hydrogen) atoms. The Morgan fingerprint density at radius 3 is 0.895 bits per heavy atom. The Hall–Kier alpha value is 0.160. The third kappa shape index (κ3) is 5.21. The van der Waals surface area contributed by atoms with Crippen molar-refractivity contribution >= 4 is 38.3 Å². The summed E-state index contributed by atoms with van der Waals surface area (Å²) in [5.74, 6) is 0. The summed E-state index contributed by atoms with van der Waals surface area (Å²) >= 11 is 0. The van der Waals surface area contributed by atoms with E-state index < -0.39 is 53.2 Å². The fraction of sp³-hybridized carbons (Fsp3) is 1.00. The smallest absolute Gasteiger partial charge is 0.271 e. The zero-order valence-electron chi connectivity index (χ0n) is 10.2. The molecular formula is C6H15O9PS3. The van der Waals surface area contributed by atoms with Gasteiger partial charge in [0.1, 0.15) is 15.0 Å². The number of hydrogen-bond donors (Lipinski definition) is 3. The van der Waals surface area contributed by atoms with Gasteiger partial charge in [-0.3, -0.25) is 13.7 Å². The van der Waals surface area contributed by atoms with Crippen LogP contribution in [0.15, 0.2) is 0 Å². The van der Waals surface area contributed by atoms with Crippen LogP contribution in [0.1, 0.15) is 20.8 Å². The van der Waals surface area contributed by atoms with Gasteiger partial charge in [0.2, 0.25) is 0 Å². The molecule has 0 heterocycles. The van der Waals surface area contributed by atoms with E-state index in [1.165, 1.54) is 0 Å². The molecule has 0 spiro atoms. The van der Waals surface area contributed by atoms with Crippen molar-refractivity contribution in [1.29, 1.82) is 0 Å². The highest BCUT2D eigenvalue weighted by molar-refractivity contribution is 8.05. The van der Waals surface area contributed by atoms with Crippen LogP contribution in [-0.2, 0) is 30.4 Å². The van der Waals surface area contributed by atoms with Crippen LogP contribution in [-0.4, -0.2) is 53.9 Å². The molecule has 0 saturated heterocycles. The molecule has 0 aliphatic heterocycles. The van der Waals surface area contributed by atoms with Gasteiger partial charge in [-0.1, -0.05) is 0 Å². The van der Waals surface area contributed by atoms with Crippen molar-refractivity contribution in [3.63, 3.8) is 0 Å². The Morgan fingerprint density at radius 2 is 0.789 bits per heavy atom. The minimum atomic E-state index is -4.73. The molecule has 3 N–H and O–H groups in total. The molecule has 0 aliphatic rings. The first-order valence-corrected chi connectivity index (χ1v) is 10.8. The van der Waals surface area contributed by atoms with E-state index >= 15 is 0 Å².